The third-order valence-corrected chi connectivity index (χ3v) is 4.47. The van der Waals surface area contributed by atoms with Crippen LogP contribution < -0.4 is 56.5 Å². The van der Waals surface area contributed by atoms with Crippen LogP contribution in [-0.2, 0) is 0 Å². The maximum atomic E-state index is 14.3. The van der Waals surface area contributed by atoms with Gasteiger partial charge in [0.2, 0.25) is 0 Å². The first-order valence-corrected chi connectivity index (χ1v) is 8.55. The fourth-order valence-corrected chi connectivity index (χ4v) is 3.11. The van der Waals surface area contributed by atoms with Gasteiger partial charge in [0.05, 0.1) is 17.9 Å². The number of aromatic nitrogens is 3. The van der Waals surface area contributed by atoms with Crippen molar-refractivity contribution in [1.29, 1.82) is 0 Å². The minimum Gasteiger partial charge on any atom is -0.543 e. The predicted molar refractivity (Wildman–Crippen MR) is 95.8 cm³/mol. The molecule has 0 unspecified atom stereocenters. The summed E-state index contributed by atoms with van der Waals surface area (Å²) in [4.78, 5) is 15.7. The van der Waals surface area contributed by atoms with Gasteiger partial charge in [0.25, 0.3) is 0 Å². The van der Waals surface area contributed by atoms with Crippen molar-refractivity contribution in [2.45, 2.75) is 0 Å². The first-order chi connectivity index (χ1) is 12.9. The fraction of sp³-hybridized carbons (Fsp3) is 0. The molecule has 0 bridgehead atoms. The molecule has 0 fully saturated rings. The summed E-state index contributed by atoms with van der Waals surface area (Å²) in [5, 5.41) is 15.3. The van der Waals surface area contributed by atoms with Crippen LogP contribution in [0.25, 0.3) is 28.0 Å². The van der Waals surface area contributed by atoms with Crippen LogP contribution in [0.1, 0.15) is 10.5 Å². The molecular weight excluding hydrogens is 459 g/mol. The Bertz CT molecular complexity index is 1210. The number of hydrogen-bond acceptors (Lipinski definition) is 4. The Hall–Kier alpha value is -1.49. The number of rotatable bonds is 3. The maximum absolute atomic E-state index is 14.3. The van der Waals surface area contributed by atoms with Crippen molar-refractivity contribution in [2.24, 2.45) is 0 Å². The smallest absolute Gasteiger partial charge is 0.543 e. The zero-order valence-electron chi connectivity index (χ0n) is 14.5. The van der Waals surface area contributed by atoms with Crippen molar-refractivity contribution in [1.82, 2.24) is 14.6 Å². The minimum atomic E-state index is -1.49. The Morgan fingerprint density at radius 2 is 1.86 bits per heavy atom. The second-order valence-corrected chi connectivity index (χ2v) is 6.68. The van der Waals surface area contributed by atoms with Gasteiger partial charge in [-0.15, -0.1) is 0 Å². The van der Waals surface area contributed by atoms with Gasteiger partial charge in [0.15, 0.2) is 5.65 Å². The summed E-state index contributed by atoms with van der Waals surface area (Å²) in [6, 6.07) is 11.4. The van der Waals surface area contributed by atoms with Gasteiger partial charge in [-0.05, 0) is 42.0 Å². The van der Waals surface area contributed by atoms with Crippen LogP contribution in [0.5, 0.6) is 0 Å². The summed E-state index contributed by atoms with van der Waals surface area (Å²) in [5.74, 6) is -2.47. The van der Waals surface area contributed by atoms with E-state index < -0.39 is 17.6 Å². The van der Waals surface area contributed by atoms with Crippen molar-refractivity contribution in [2.75, 3.05) is 0 Å². The molecule has 0 atom stereocenters. The minimum absolute atomic E-state index is 0. The first kappa shape index (κ1) is 21.2. The van der Waals surface area contributed by atoms with Crippen LogP contribution in [0.3, 0.4) is 0 Å². The number of carbonyl (C=O) groups is 1. The molecular formula is C19H9BrF2KN3O2. The summed E-state index contributed by atoms with van der Waals surface area (Å²) in [5.41, 5.74) is 1.17. The monoisotopic (exact) mass is 467 g/mol. The Balaban J connectivity index is 0.00000225. The van der Waals surface area contributed by atoms with Crippen LogP contribution in [0.2, 0.25) is 0 Å². The maximum Gasteiger partial charge on any atom is 1.00 e. The van der Waals surface area contributed by atoms with E-state index in [-0.39, 0.29) is 74.0 Å². The van der Waals surface area contributed by atoms with Gasteiger partial charge in [-0.25, -0.2) is 18.3 Å². The van der Waals surface area contributed by atoms with E-state index in [0.717, 1.165) is 0 Å². The molecule has 0 aliphatic rings. The second-order valence-electron chi connectivity index (χ2n) is 5.76. The van der Waals surface area contributed by atoms with Crippen LogP contribution in [-0.4, -0.2) is 20.6 Å². The number of aromatic carboxylic acids is 1. The molecule has 0 aliphatic carbocycles. The van der Waals surface area contributed by atoms with E-state index in [2.05, 4.69) is 26.0 Å². The number of fused-ring (bicyclic) bond motifs is 1. The van der Waals surface area contributed by atoms with Crippen LogP contribution in [0.15, 0.2) is 59.2 Å². The number of halogens is 3. The molecule has 0 saturated carbocycles. The molecule has 28 heavy (non-hydrogen) atoms. The van der Waals surface area contributed by atoms with Crippen molar-refractivity contribution < 1.29 is 70.1 Å². The van der Waals surface area contributed by atoms with Gasteiger partial charge in [-0.3, -0.25) is 0 Å². The van der Waals surface area contributed by atoms with Crippen LogP contribution in [0, 0.1) is 11.6 Å². The van der Waals surface area contributed by atoms with Gasteiger partial charge in [0.1, 0.15) is 17.3 Å². The molecule has 0 aliphatic heterocycles. The largest absolute Gasteiger partial charge is 1.00 e. The number of benzene rings is 2. The third kappa shape index (κ3) is 4.09. The van der Waals surface area contributed by atoms with E-state index in [1.165, 1.54) is 41.0 Å². The standard InChI is InChI=1S/C19H10BrF2N3O2.K/c20-11-4-5-13(15(22)7-11)17-9-25-18(23-17)14(8-16(24-25)19(26)27)10-2-1-3-12(21)6-10;/h1-9H,(H,26,27);/q;+1/p-1. The van der Waals surface area contributed by atoms with E-state index in [4.69, 9.17) is 0 Å². The zero-order chi connectivity index (χ0) is 19.1. The third-order valence-electron chi connectivity index (χ3n) is 3.98. The fourth-order valence-electron chi connectivity index (χ4n) is 2.77. The number of nitrogens with zero attached hydrogens (tertiary/aromatic N) is 3. The summed E-state index contributed by atoms with van der Waals surface area (Å²) in [6.07, 6.45) is 1.41. The first-order valence-electron chi connectivity index (χ1n) is 7.75. The van der Waals surface area contributed by atoms with Gasteiger partial charge in [-0.1, -0.05) is 28.1 Å². The van der Waals surface area contributed by atoms with Crippen LogP contribution in [0.4, 0.5) is 8.78 Å². The summed E-state index contributed by atoms with van der Waals surface area (Å²) >= 11 is 3.19. The zero-order valence-corrected chi connectivity index (χ0v) is 19.2. The van der Waals surface area contributed by atoms with Gasteiger partial charge >= 0.3 is 51.4 Å². The molecule has 5 nitrogen and oxygen atoms in total. The van der Waals surface area contributed by atoms with E-state index in [9.17, 15) is 18.7 Å². The number of carbonyl (C=O) groups excluding carboxylic acids is 1. The second kappa shape index (κ2) is 8.48. The SMILES string of the molecule is O=C([O-])c1cc(-c2cccc(F)c2)c2nc(-c3ccc(Br)cc3F)cn2n1.[K+]. The van der Waals surface area contributed by atoms with Gasteiger partial charge < -0.3 is 9.90 Å². The Kier molecular flexibility index (Phi) is 6.43. The molecule has 2 heterocycles. The quantitative estimate of drug-likeness (QED) is 0.410. The molecule has 2 aromatic carbocycles. The Morgan fingerprint density at radius 3 is 2.54 bits per heavy atom. The Morgan fingerprint density at radius 1 is 1.07 bits per heavy atom. The summed E-state index contributed by atoms with van der Waals surface area (Å²) in [6.45, 7) is 0. The molecule has 0 N–H and O–H groups in total. The topological polar surface area (TPSA) is 70.3 Å². The molecule has 0 radical (unpaired) electrons. The molecule has 4 rings (SSSR count). The molecule has 0 spiro atoms. The predicted octanol–water partition coefficient (Wildman–Crippen LogP) is 0.472. The van der Waals surface area contributed by atoms with Crippen molar-refractivity contribution >= 4 is 27.5 Å². The molecule has 134 valence electrons. The van der Waals surface area contributed by atoms with E-state index in [1.807, 2.05) is 0 Å². The normalized spacial score (nSPS) is 10.7. The average molecular weight is 468 g/mol. The van der Waals surface area contributed by atoms with E-state index >= 15 is 0 Å². The number of carboxylic acid groups (broad SMARTS) is 1. The van der Waals surface area contributed by atoms with Gasteiger partial charge in [0, 0.05) is 15.6 Å². The molecule has 0 amide bonds. The molecule has 4 aromatic rings. The Labute approximate surface area is 209 Å². The van der Waals surface area contributed by atoms with Crippen LogP contribution >= 0.6 is 15.9 Å². The summed E-state index contributed by atoms with van der Waals surface area (Å²) < 4.78 is 29.7. The molecule has 9 heteroatoms. The molecule has 0 saturated heterocycles. The average Bonchev–Trinajstić information content (AvgIpc) is 3.04. The van der Waals surface area contributed by atoms with E-state index in [0.29, 0.717) is 15.6 Å². The molecule has 2 aromatic heterocycles. The number of hydrogen-bond donors (Lipinski definition) is 0. The van der Waals surface area contributed by atoms with Crippen molar-refractivity contribution in [3.63, 3.8) is 0 Å². The van der Waals surface area contributed by atoms with E-state index in [1.54, 1.807) is 18.2 Å². The number of carboxylic acids is 1. The van der Waals surface area contributed by atoms with Crippen molar-refractivity contribution in [3.05, 3.63) is 76.5 Å². The number of imidazole rings is 1. The van der Waals surface area contributed by atoms with Crippen molar-refractivity contribution in [3.8, 4) is 22.4 Å². The van der Waals surface area contributed by atoms with Gasteiger partial charge in [-0.2, -0.15) is 5.10 Å². The summed E-state index contributed by atoms with van der Waals surface area (Å²) in [7, 11) is 0.